The van der Waals surface area contributed by atoms with Crippen molar-refractivity contribution in [2.75, 3.05) is 6.54 Å². The van der Waals surface area contributed by atoms with Crippen molar-refractivity contribution < 1.29 is 14.4 Å². The molecular weight excluding hydrogens is 356 g/mol. The lowest BCUT2D eigenvalue weighted by molar-refractivity contribution is -0.122. The molecule has 0 saturated heterocycles. The van der Waals surface area contributed by atoms with Gasteiger partial charge in [-0.3, -0.25) is 19.3 Å². The third-order valence-corrected chi connectivity index (χ3v) is 4.73. The zero-order chi connectivity index (χ0) is 19.7. The molecule has 0 saturated carbocycles. The zero-order valence-corrected chi connectivity index (χ0v) is 15.2. The molecule has 3 amide bonds. The topological polar surface area (TPSA) is 84.3 Å². The maximum absolute atomic E-state index is 12.7. The molecule has 4 rings (SSSR count). The van der Waals surface area contributed by atoms with Crippen molar-refractivity contribution in [1.29, 1.82) is 0 Å². The Balaban J connectivity index is 1.56. The summed E-state index contributed by atoms with van der Waals surface area (Å²) in [5.74, 6) is -0.693. The number of aryl methyl sites for hydroxylation is 1. The van der Waals surface area contributed by atoms with Gasteiger partial charge in [-0.15, -0.1) is 0 Å². The van der Waals surface area contributed by atoms with E-state index >= 15 is 0 Å². The Morgan fingerprint density at radius 1 is 1.00 bits per heavy atom. The van der Waals surface area contributed by atoms with Crippen LogP contribution in [0.4, 0.5) is 0 Å². The highest BCUT2D eigenvalue weighted by molar-refractivity contribution is 6.22. The zero-order valence-electron chi connectivity index (χ0n) is 15.2. The second-order valence-electron chi connectivity index (χ2n) is 6.55. The second kappa shape index (κ2) is 7.11. The number of rotatable bonds is 5. The minimum Gasteiger partial charge on any atom is -0.341 e. The first-order valence-electron chi connectivity index (χ1n) is 8.83. The van der Waals surface area contributed by atoms with E-state index in [1.165, 1.54) is 0 Å². The van der Waals surface area contributed by atoms with Crippen molar-refractivity contribution in [3.05, 3.63) is 89.5 Å². The van der Waals surface area contributed by atoms with Gasteiger partial charge < -0.3 is 9.88 Å². The molecule has 1 aliphatic rings. The Kier molecular flexibility index (Phi) is 4.49. The van der Waals surface area contributed by atoms with Crippen LogP contribution in [0.1, 0.15) is 38.1 Å². The number of nitrogens with one attached hydrogen (secondary N) is 1. The van der Waals surface area contributed by atoms with E-state index in [1.807, 2.05) is 41.9 Å². The number of aromatic nitrogens is 2. The fourth-order valence-corrected chi connectivity index (χ4v) is 3.33. The highest BCUT2D eigenvalue weighted by Gasteiger charge is 2.36. The van der Waals surface area contributed by atoms with E-state index in [1.54, 1.807) is 36.7 Å². The molecule has 2 aromatic carbocycles. The molecule has 140 valence electrons. The average molecular weight is 374 g/mol. The van der Waals surface area contributed by atoms with Crippen molar-refractivity contribution in [2.24, 2.45) is 7.05 Å². The van der Waals surface area contributed by atoms with Gasteiger partial charge in [0.15, 0.2) is 0 Å². The van der Waals surface area contributed by atoms with E-state index in [-0.39, 0.29) is 6.54 Å². The van der Waals surface area contributed by atoms with Gasteiger partial charge in [0.2, 0.25) is 5.91 Å². The van der Waals surface area contributed by atoms with E-state index < -0.39 is 23.8 Å². The van der Waals surface area contributed by atoms with Crippen LogP contribution in [0.2, 0.25) is 0 Å². The number of carbonyl (C=O) groups excluding carboxylic acids is 3. The third-order valence-electron chi connectivity index (χ3n) is 4.73. The number of benzene rings is 2. The molecule has 0 spiro atoms. The summed E-state index contributed by atoms with van der Waals surface area (Å²) in [7, 11) is 1.84. The molecule has 0 aliphatic carbocycles. The van der Waals surface area contributed by atoms with Gasteiger partial charge in [0, 0.05) is 19.4 Å². The average Bonchev–Trinajstić information content (AvgIpc) is 3.24. The Labute approximate surface area is 161 Å². The predicted octanol–water partition coefficient (Wildman–Crippen LogP) is 1.92. The van der Waals surface area contributed by atoms with E-state index in [4.69, 9.17) is 0 Å². The lowest BCUT2D eigenvalue weighted by Gasteiger charge is -2.21. The highest BCUT2D eigenvalue weighted by Crippen LogP contribution is 2.23. The van der Waals surface area contributed by atoms with Gasteiger partial charge in [0.25, 0.3) is 11.8 Å². The normalized spacial score (nSPS) is 14.1. The highest BCUT2D eigenvalue weighted by atomic mass is 16.2. The number of imide groups is 1. The molecular formula is C21H18N4O3. The first-order valence-corrected chi connectivity index (χ1v) is 8.83. The summed E-state index contributed by atoms with van der Waals surface area (Å²) >= 11 is 0. The molecule has 7 nitrogen and oxygen atoms in total. The largest absolute Gasteiger partial charge is 0.341 e. The van der Waals surface area contributed by atoms with Crippen molar-refractivity contribution >= 4 is 17.7 Å². The molecule has 1 unspecified atom stereocenters. The van der Waals surface area contributed by atoms with Gasteiger partial charge in [-0.25, -0.2) is 4.98 Å². The van der Waals surface area contributed by atoms with E-state index in [0.717, 1.165) is 10.5 Å². The van der Waals surface area contributed by atoms with Gasteiger partial charge >= 0.3 is 0 Å². The van der Waals surface area contributed by atoms with Crippen LogP contribution in [0.15, 0.2) is 67.0 Å². The summed E-state index contributed by atoms with van der Waals surface area (Å²) in [6, 6.07) is 15.5. The molecule has 1 aromatic heterocycles. The van der Waals surface area contributed by atoms with Crippen LogP contribution >= 0.6 is 0 Å². The summed E-state index contributed by atoms with van der Waals surface area (Å²) in [6.45, 7) is -0.347. The van der Waals surface area contributed by atoms with Crippen LogP contribution in [0.3, 0.4) is 0 Å². The SMILES string of the molecule is Cn1ccnc1C(NC(=O)CN1C(=O)c2ccccc2C1=O)c1ccccc1. The number of imidazole rings is 1. The van der Waals surface area contributed by atoms with Crippen LogP contribution in [0, 0.1) is 0 Å². The van der Waals surface area contributed by atoms with Gasteiger partial charge in [-0.1, -0.05) is 42.5 Å². The first kappa shape index (κ1) is 17.7. The lowest BCUT2D eigenvalue weighted by atomic mass is 10.1. The molecule has 1 aliphatic heterocycles. The van der Waals surface area contributed by atoms with Gasteiger partial charge in [0.05, 0.1) is 11.1 Å². The maximum Gasteiger partial charge on any atom is 0.262 e. The monoisotopic (exact) mass is 374 g/mol. The molecule has 0 bridgehead atoms. The molecule has 3 aromatic rings. The van der Waals surface area contributed by atoms with Gasteiger partial charge in [-0.2, -0.15) is 0 Å². The smallest absolute Gasteiger partial charge is 0.262 e. The molecule has 2 heterocycles. The second-order valence-corrected chi connectivity index (χ2v) is 6.55. The number of nitrogens with zero attached hydrogens (tertiary/aromatic N) is 3. The molecule has 1 N–H and O–H groups in total. The minimum absolute atomic E-state index is 0.323. The number of carbonyl (C=O) groups is 3. The number of hydrogen-bond acceptors (Lipinski definition) is 4. The fourth-order valence-electron chi connectivity index (χ4n) is 3.33. The van der Waals surface area contributed by atoms with Crippen molar-refractivity contribution in [3.8, 4) is 0 Å². The van der Waals surface area contributed by atoms with Crippen LogP contribution in [0.25, 0.3) is 0 Å². The number of hydrogen-bond donors (Lipinski definition) is 1. The van der Waals surface area contributed by atoms with Gasteiger partial charge in [0.1, 0.15) is 18.4 Å². The Morgan fingerprint density at radius 3 is 2.18 bits per heavy atom. The number of amides is 3. The summed E-state index contributed by atoms with van der Waals surface area (Å²) in [6.07, 6.45) is 3.45. The number of fused-ring (bicyclic) bond motifs is 1. The summed E-state index contributed by atoms with van der Waals surface area (Å²) < 4.78 is 1.82. The molecule has 7 heteroatoms. The minimum atomic E-state index is -0.496. The van der Waals surface area contributed by atoms with Crippen LogP contribution in [-0.2, 0) is 11.8 Å². The van der Waals surface area contributed by atoms with Crippen molar-refractivity contribution in [1.82, 2.24) is 19.8 Å². The van der Waals surface area contributed by atoms with Crippen LogP contribution in [-0.4, -0.2) is 38.7 Å². The predicted molar refractivity (Wildman–Crippen MR) is 101 cm³/mol. The standard InChI is InChI=1S/C21H18N4O3/c1-24-12-11-22-19(24)18(14-7-3-2-4-8-14)23-17(26)13-25-20(27)15-9-5-6-10-16(15)21(25)28/h2-12,18H,13H2,1H3,(H,23,26). The van der Waals surface area contributed by atoms with Crippen molar-refractivity contribution in [3.63, 3.8) is 0 Å². The summed E-state index contributed by atoms with van der Waals surface area (Å²) in [5, 5.41) is 2.90. The fraction of sp³-hybridized carbons (Fsp3) is 0.143. The summed E-state index contributed by atoms with van der Waals surface area (Å²) in [4.78, 5) is 43.0. The summed E-state index contributed by atoms with van der Waals surface area (Å²) in [5.41, 5.74) is 1.50. The van der Waals surface area contributed by atoms with Crippen LogP contribution < -0.4 is 5.32 Å². The lowest BCUT2D eigenvalue weighted by Crippen LogP contribution is -2.42. The van der Waals surface area contributed by atoms with E-state index in [9.17, 15) is 14.4 Å². The Hall–Kier alpha value is -3.74. The van der Waals surface area contributed by atoms with E-state index in [0.29, 0.717) is 17.0 Å². The Morgan fingerprint density at radius 2 is 1.61 bits per heavy atom. The molecule has 0 radical (unpaired) electrons. The molecule has 1 atom stereocenters. The van der Waals surface area contributed by atoms with Crippen LogP contribution in [0.5, 0.6) is 0 Å². The quantitative estimate of drug-likeness (QED) is 0.692. The first-order chi connectivity index (χ1) is 13.6. The Bertz CT molecular complexity index is 1020. The molecule has 28 heavy (non-hydrogen) atoms. The molecule has 0 fully saturated rings. The van der Waals surface area contributed by atoms with E-state index in [2.05, 4.69) is 10.3 Å². The van der Waals surface area contributed by atoms with Crippen molar-refractivity contribution in [2.45, 2.75) is 6.04 Å². The van der Waals surface area contributed by atoms with Gasteiger partial charge in [-0.05, 0) is 17.7 Å². The maximum atomic E-state index is 12.7. The third kappa shape index (κ3) is 3.07.